The lowest BCUT2D eigenvalue weighted by Gasteiger charge is -2.05. The minimum Gasteiger partial charge on any atom is -0.383 e. The second-order valence-electron chi connectivity index (χ2n) is 4.49. The molecule has 1 aromatic heterocycles. The molecule has 0 aliphatic carbocycles. The number of amidine groups is 1. The van der Waals surface area contributed by atoms with Crippen molar-refractivity contribution in [1.29, 1.82) is 0 Å². The first-order chi connectivity index (χ1) is 9.10. The number of hydrogen-bond acceptors (Lipinski definition) is 4. The average Bonchev–Trinajstić information content (AvgIpc) is 2.61. The first-order valence-corrected chi connectivity index (χ1v) is 6.95. The maximum atomic E-state index is 13.3. The number of anilines is 2. The number of nitrogens with one attached hydrogen (secondary N) is 1. The van der Waals surface area contributed by atoms with E-state index in [-0.39, 0.29) is 5.82 Å². The van der Waals surface area contributed by atoms with Crippen molar-refractivity contribution in [2.45, 2.75) is 20.3 Å². The molecule has 0 fully saturated rings. The molecule has 3 N–H and O–H groups in total. The van der Waals surface area contributed by atoms with Crippen LogP contribution >= 0.6 is 11.3 Å². The molecule has 2 aromatic rings. The van der Waals surface area contributed by atoms with Crippen LogP contribution in [-0.4, -0.2) is 5.84 Å². The molecule has 0 unspecified atom stereocenters. The Bertz CT molecular complexity index is 688. The lowest BCUT2D eigenvalue weighted by Crippen LogP contribution is -2.13. The Morgan fingerprint density at radius 1 is 1.42 bits per heavy atom. The fraction of sp³-hybridized carbons (Fsp3) is 0.214. The summed E-state index contributed by atoms with van der Waals surface area (Å²) in [6.07, 6.45) is 0.953. The molecule has 0 radical (unpaired) electrons. The summed E-state index contributed by atoms with van der Waals surface area (Å²) in [4.78, 5) is 5.68. The molecule has 0 amide bonds. The fourth-order valence-electron chi connectivity index (χ4n) is 2.31. The highest BCUT2D eigenvalue weighted by Gasteiger charge is 2.21. The van der Waals surface area contributed by atoms with Crippen LogP contribution in [0.4, 0.5) is 20.8 Å². The fourth-order valence-corrected chi connectivity index (χ4v) is 3.47. The summed E-state index contributed by atoms with van der Waals surface area (Å²) in [6, 6.07) is 4.47. The van der Waals surface area contributed by atoms with Crippen molar-refractivity contribution in [3.05, 3.63) is 40.0 Å². The van der Waals surface area contributed by atoms with Gasteiger partial charge in [-0.05, 0) is 37.1 Å². The Hall–Kier alpha value is -1.88. The molecule has 5 heteroatoms. The predicted octanol–water partition coefficient (Wildman–Crippen LogP) is 3.85. The van der Waals surface area contributed by atoms with E-state index in [0.29, 0.717) is 17.2 Å². The molecule has 0 bridgehead atoms. The second-order valence-corrected chi connectivity index (χ2v) is 5.60. The van der Waals surface area contributed by atoms with Crippen molar-refractivity contribution in [3.8, 4) is 0 Å². The highest BCUT2D eigenvalue weighted by atomic mass is 32.1. The van der Waals surface area contributed by atoms with Gasteiger partial charge in [0.25, 0.3) is 0 Å². The SMILES string of the molecule is CCc1sc2c(c1C)C(N)=Nc1ccc(F)cc1N2. The molecule has 1 aliphatic rings. The zero-order valence-electron chi connectivity index (χ0n) is 10.7. The van der Waals surface area contributed by atoms with Crippen LogP contribution in [0.15, 0.2) is 23.2 Å². The minimum atomic E-state index is -0.285. The summed E-state index contributed by atoms with van der Waals surface area (Å²) in [5.74, 6) is 0.203. The first kappa shape index (κ1) is 12.2. The van der Waals surface area contributed by atoms with E-state index in [2.05, 4.69) is 24.2 Å². The Morgan fingerprint density at radius 3 is 2.95 bits per heavy atom. The summed E-state index contributed by atoms with van der Waals surface area (Å²) < 4.78 is 13.3. The number of nitrogens with zero attached hydrogens (tertiary/aromatic N) is 1. The maximum Gasteiger partial charge on any atom is 0.134 e. The van der Waals surface area contributed by atoms with Gasteiger partial charge in [0, 0.05) is 4.88 Å². The lowest BCUT2D eigenvalue weighted by molar-refractivity contribution is 0.628. The number of aliphatic imine (C=N–C) groups is 1. The zero-order valence-corrected chi connectivity index (χ0v) is 11.6. The monoisotopic (exact) mass is 275 g/mol. The third-order valence-corrected chi connectivity index (χ3v) is 4.62. The highest BCUT2D eigenvalue weighted by Crippen LogP contribution is 2.40. The van der Waals surface area contributed by atoms with E-state index in [9.17, 15) is 4.39 Å². The molecular weight excluding hydrogens is 261 g/mol. The standard InChI is InChI=1S/C14H14FN3S/c1-3-11-7(2)12-13(16)17-9-5-4-8(15)6-10(9)18-14(12)19-11/h4-6,18H,3H2,1-2H3,(H2,16,17). The number of aryl methyl sites for hydroxylation is 1. The second kappa shape index (κ2) is 4.35. The maximum absolute atomic E-state index is 13.3. The van der Waals surface area contributed by atoms with Crippen molar-refractivity contribution >= 4 is 33.5 Å². The van der Waals surface area contributed by atoms with Gasteiger partial charge in [0.1, 0.15) is 16.7 Å². The van der Waals surface area contributed by atoms with E-state index < -0.39 is 0 Å². The molecule has 0 spiro atoms. The van der Waals surface area contributed by atoms with E-state index in [1.54, 1.807) is 17.4 Å². The highest BCUT2D eigenvalue weighted by molar-refractivity contribution is 7.16. The van der Waals surface area contributed by atoms with Gasteiger partial charge >= 0.3 is 0 Å². The molecule has 3 nitrogen and oxygen atoms in total. The van der Waals surface area contributed by atoms with Crippen molar-refractivity contribution in [1.82, 2.24) is 0 Å². The Kier molecular flexibility index (Phi) is 2.78. The van der Waals surface area contributed by atoms with Crippen LogP contribution in [0.5, 0.6) is 0 Å². The number of halogens is 1. The third-order valence-electron chi connectivity index (χ3n) is 3.27. The molecule has 3 rings (SSSR count). The van der Waals surface area contributed by atoms with Crippen LogP contribution in [0.3, 0.4) is 0 Å². The van der Waals surface area contributed by atoms with Gasteiger partial charge in [0.05, 0.1) is 16.9 Å². The van der Waals surface area contributed by atoms with Gasteiger partial charge in [0.15, 0.2) is 0 Å². The van der Waals surface area contributed by atoms with Gasteiger partial charge in [-0.15, -0.1) is 11.3 Å². The molecule has 0 saturated carbocycles. The van der Waals surface area contributed by atoms with Crippen molar-refractivity contribution in [2.24, 2.45) is 10.7 Å². The van der Waals surface area contributed by atoms with Crippen LogP contribution in [0, 0.1) is 12.7 Å². The Labute approximate surface area is 115 Å². The number of fused-ring (bicyclic) bond motifs is 2. The number of benzene rings is 1. The van der Waals surface area contributed by atoms with Gasteiger partial charge in [-0.25, -0.2) is 9.38 Å². The smallest absolute Gasteiger partial charge is 0.134 e. The zero-order chi connectivity index (χ0) is 13.6. The molecule has 1 aromatic carbocycles. The topological polar surface area (TPSA) is 50.4 Å². The van der Waals surface area contributed by atoms with Crippen molar-refractivity contribution in [3.63, 3.8) is 0 Å². The van der Waals surface area contributed by atoms with E-state index >= 15 is 0 Å². The number of hydrogen-bond donors (Lipinski definition) is 2. The van der Waals surface area contributed by atoms with Crippen LogP contribution in [0.25, 0.3) is 0 Å². The number of thiophene rings is 1. The largest absolute Gasteiger partial charge is 0.383 e. The summed E-state index contributed by atoms with van der Waals surface area (Å²) in [5.41, 5.74) is 9.52. The minimum absolute atomic E-state index is 0.285. The third kappa shape index (κ3) is 1.90. The van der Waals surface area contributed by atoms with Gasteiger partial charge in [-0.3, -0.25) is 0 Å². The normalized spacial score (nSPS) is 13.1. The van der Waals surface area contributed by atoms with Crippen LogP contribution in [0.1, 0.15) is 22.9 Å². The van der Waals surface area contributed by atoms with Gasteiger partial charge in [-0.1, -0.05) is 6.92 Å². The van der Waals surface area contributed by atoms with E-state index in [4.69, 9.17) is 5.73 Å². The predicted molar refractivity (Wildman–Crippen MR) is 78.5 cm³/mol. The molecule has 19 heavy (non-hydrogen) atoms. The molecule has 2 heterocycles. The average molecular weight is 275 g/mol. The van der Waals surface area contributed by atoms with Crippen LogP contribution in [0.2, 0.25) is 0 Å². The number of nitrogens with two attached hydrogens (primary N) is 1. The van der Waals surface area contributed by atoms with Crippen LogP contribution < -0.4 is 11.1 Å². The van der Waals surface area contributed by atoms with E-state index in [0.717, 1.165) is 22.5 Å². The first-order valence-electron chi connectivity index (χ1n) is 6.13. The Morgan fingerprint density at radius 2 is 2.21 bits per heavy atom. The van der Waals surface area contributed by atoms with E-state index in [1.165, 1.54) is 17.0 Å². The molecular formula is C14H14FN3S. The molecule has 1 aliphatic heterocycles. The summed E-state index contributed by atoms with van der Waals surface area (Å²) in [5, 5.41) is 4.20. The summed E-state index contributed by atoms with van der Waals surface area (Å²) >= 11 is 1.65. The number of rotatable bonds is 1. The van der Waals surface area contributed by atoms with Gasteiger partial charge < -0.3 is 11.1 Å². The summed E-state index contributed by atoms with van der Waals surface area (Å²) in [6.45, 7) is 4.16. The van der Waals surface area contributed by atoms with Crippen LogP contribution in [-0.2, 0) is 6.42 Å². The molecule has 0 atom stereocenters. The summed E-state index contributed by atoms with van der Waals surface area (Å²) in [7, 11) is 0. The lowest BCUT2D eigenvalue weighted by atomic mass is 10.1. The van der Waals surface area contributed by atoms with Crippen molar-refractivity contribution < 1.29 is 4.39 Å². The van der Waals surface area contributed by atoms with Gasteiger partial charge in [0.2, 0.25) is 0 Å². The quantitative estimate of drug-likeness (QED) is 0.830. The van der Waals surface area contributed by atoms with Gasteiger partial charge in [-0.2, -0.15) is 0 Å². The van der Waals surface area contributed by atoms with Crippen molar-refractivity contribution in [2.75, 3.05) is 5.32 Å². The van der Waals surface area contributed by atoms with E-state index in [1.807, 2.05) is 0 Å². The molecule has 98 valence electrons. The Balaban J connectivity index is 2.22. The molecule has 0 saturated heterocycles.